The predicted octanol–water partition coefficient (Wildman–Crippen LogP) is 3.93. The van der Waals surface area contributed by atoms with Crippen LogP contribution in [0.4, 0.5) is 0 Å². The SMILES string of the molecule is c1ccc(CCOCCCC2(c3ccccc3)OCCO2)cc1. The first-order valence-corrected chi connectivity index (χ1v) is 8.34. The average Bonchev–Trinajstić information content (AvgIpc) is 3.10. The van der Waals surface area contributed by atoms with E-state index in [2.05, 4.69) is 36.4 Å². The fourth-order valence-corrected chi connectivity index (χ4v) is 2.95. The zero-order chi connectivity index (χ0) is 15.8. The minimum absolute atomic E-state index is 0.579. The molecule has 0 aromatic heterocycles. The van der Waals surface area contributed by atoms with Gasteiger partial charge in [0.25, 0.3) is 0 Å². The van der Waals surface area contributed by atoms with Gasteiger partial charge < -0.3 is 14.2 Å². The average molecular weight is 312 g/mol. The zero-order valence-corrected chi connectivity index (χ0v) is 13.4. The van der Waals surface area contributed by atoms with E-state index in [-0.39, 0.29) is 0 Å². The molecule has 23 heavy (non-hydrogen) atoms. The van der Waals surface area contributed by atoms with Gasteiger partial charge in [0.05, 0.1) is 19.8 Å². The summed E-state index contributed by atoms with van der Waals surface area (Å²) < 4.78 is 17.6. The molecule has 2 aromatic carbocycles. The van der Waals surface area contributed by atoms with Gasteiger partial charge in [-0.3, -0.25) is 0 Å². The molecule has 1 aliphatic heterocycles. The van der Waals surface area contributed by atoms with Crippen molar-refractivity contribution >= 4 is 0 Å². The monoisotopic (exact) mass is 312 g/mol. The molecular weight excluding hydrogens is 288 g/mol. The van der Waals surface area contributed by atoms with E-state index in [0.717, 1.165) is 38.0 Å². The largest absolute Gasteiger partial charge is 0.381 e. The molecule has 3 nitrogen and oxygen atoms in total. The van der Waals surface area contributed by atoms with E-state index < -0.39 is 5.79 Å². The maximum atomic E-state index is 5.92. The summed E-state index contributed by atoms with van der Waals surface area (Å²) >= 11 is 0. The minimum Gasteiger partial charge on any atom is -0.381 e. The molecule has 0 atom stereocenters. The number of hydrogen-bond acceptors (Lipinski definition) is 3. The van der Waals surface area contributed by atoms with Gasteiger partial charge in [0.1, 0.15) is 0 Å². The standard InChI is InChI=1S/C20H24O3/c1-3-8-18(9-4-1)12-15-21-14-7-13-20(22-16-17-23-20)19-10-5-2-6-11-19/h1-6,8-11H,7,12-17H2. The molecule has 1 saturated heterocycles. The van der Waals surface area contributed by atoms with Gasteiger partial charge >= 0.3 is 0 Å². The van der Waals surface area contributed by atoms with Crippen molar-refractivity contribution in [3.05, 3.63) is 71.8 Å². The molecule has 0 amide bonds. The topological polar surface area (TPSA) is 27.7 Å². The molecule has 0 bridgehead atoms. The third-order valence-electron chi connectivity index (χ3n) is 4.14. The van der Waals surface area contributed by atoms with Crippen LogP contribution >= 0.6 is 0 Å². The highest BCUT2D eigenvalue weighted by Crippen LogP contribution is 2.35. The van der Waals surface area contributed by atoms with E-state index in [4.69, 9.17) is 14.2 Å². The van der Waals surface area contributed by atoms with Gasteiger partial charge in [-0.2, -0.15) is 0 Å². The summed E-state index contributed by atoms with van der Waals surface area (Å²) in [6.45, 7) is 2.80. The van der Waals surface area contributed by atoms with Gasteiger partial charge in [-0.25, -0.2) is 0 Å². The van der Waals surface area contributed by atoms with Crippen molar-refractivity contribution in [1.29, 1.82) is 0 Å². The van der Waals surface area contributed by atoms with Gasteiger partial charge in [0.15, 0.2) is 5.79 Å². The molecule has 1 aliphatic rings. The predicted molar refractivity (Wildman–Crippen MR) is 90.2 cm³/mol. The highest BCUT2D eigenvalue weighted by Gasteiger charge is 2.37. The summed E-state index contributed by atoms with van der Waals surface area (Å²) in [5.41, 5.74) is 2.41. The van der Waals surface area contributed by atoms with Crippen LogP contribution in [0.3, 0.4) is 0 Å². The third-order valence-corrected chi connectivity index (χ3v) is 4.14. The van der Waals surface area contributed by atoms with Crippen LogP contribution in [0.1, 0.15) is 24.0 Å². The molecule has 3 rings (SSSR count). The van der Waals surface area contributed by atoms with Crippen LogP contribution in [0.2, 0.25) is 0 Å². The summed E-state index contributed by atoms with van der Waals surface area (Å²) in [7, 11) is 0. The molecule has 0 aliphatic carbocycles. The second-order valence-corrected chi connectivity index (χ2v) is 5.77. The first-order chi connectivity index (χ1) is 11.4. The van der Waals surface area contributed by atoms with Crippen LogP contribution in [0.5, 0.6) is 0 Å². The zero-order valence-electron chi connectivity index (χ0n) is 13.4. The van der Waals surface area contributed by atoms with Crippen molar-refractivity contribution in [3.63, 3.8) is 0 Å². The summed E-state index contributed by atoms with van der Waals surface area (Å²) in [5.74, 6) is -0.579. The van der Waals surface area contributed by atoms with E-state index in [1.807, 2.05) is 24.3 Å². The summed E-state index contributed by atoms with van der Waals surface area (Å²) in [5, 5.41) is 0. The lowest BCUT2D eigenvalue weighted by Crippen LogP contribution is -2.27. The van der Waals surface area contributed by atoms with Crippen LogP contribution in [-0.4, -0.2) is 26.4 Å². The highest BCUT2D eigenvalue weighted by molar-refractivity contribution is 5.21. The summed E-state index contributed by atoms with van der Waals surface area (Å²) in [6.07, 6.45) is 2.70. The Morgan fingerprint density at radius 2 is 1.48 bits per heavy atom. The number of hydrogen-bond donors (Lipinski definition) is 0. The molecule has 0 saturated carbocycles. The summed E-state index contributed by atoms with van der Waals surface area (Å²) in [4.78, 5) is 0. The molecule has 0 unspecified atom stereocenters. The van der Waals surface area contributed by atoms with Crippen LogP contribution < -0.4 is 0 Å². The lowest BCUT2D eigenvalue weighted by atomic mass is 10.0. The smallest absolute Gasteiger partial charge is 0.195 e. The molecule has 1 fully saturated rings. The number of rotatable bonds is 8. The fraction of sp³-hybridized carbons (Fsp3) is 0.400. The van der Waals surface area contributed by atoms with E-state index in [1.165, 1.54) is 5.56 Å². The Kier molecular flexibility index (Phi) is 5.81. The normalized spacial score (nSPS) is 16.5. The van der Waals surface area contributed by atoms with Gasteiger partial charge in [-0.05, 0) is 18.4 Å². The Balaban J connectivity index is 1.42. The lowest BCUT2D eigenvalue weighted by molar-refractivity contribution is -0.173. The van der Waals surface area contributed by atoms with E-state index in [9.17, 15) is 0 Å². The van der Waals surface area contributed by atoms with Crippen molar-refractivity contribution in [3.8, 4) is 0 Å². The summed E-state index contributed by atoms with van der Waals surface area (Å²) in [6, 6.07) is 20.6. The van der Waals surface area contributed by atoms with Gasteiger partial charge in [0.2, 0.25) is 0 Å². The Morgan fingerprint density at radius 3 is 2.17 bits per heavy atom. The number of ether oxygens (including phenoxy) is 3. The molecule has 2 aromatic rings. The molecule has 3 heteroatoms. The Morgan fingerprint density at radius 1 is 0.826 bits per heavy atom. The fourth-order valence-electron chi connectivity index (χ4n) is 2.95. The molecule has 0 radical (unpaired) electrons. The molecule has 122 valence electrons. The van der Waals surface area contributed by atoms with Crippen molar-refractivity contribution in [2.24, 2.45) is 0 Å². The first kappa shape index (κ1) is 16.2. The Labute approximate surface area is 138 Å². The van der Waals surface area contributed by atoms with E-state index in [1.54, 1.807) is 0 Å². The maximum absolute atomic E-state index is 5.92. The van der Waals surface area contributed by atoms with Crippen molar-refractivity contribution < 1.29 is 14.2 Å². The van der Waals surface area contributed by atoms with Crippen LogP contribution in [0.15, 0.2) is 60.7 Å². The Bertz CT molecular complexity index is 562. The van der Waals surface area contributed by atoms with Gasteiger partial charge in [0, 0.05) is 18.6 Å². The van der Waals surface area contributed by atoms with Crippen molar-refractivity contribution in [2.75, 3.05) is 26.4 Å². The molecule has 0 spiro atoms. The first-order valence-electron chi connectivity index (χ1n) is 8.34. The van der Waals surface area contributed by atoms with Crippen LogP contribution in [0.25, 0.3) is 0 Å². The molecule has 0 N–H and O–H groups in total. The second-order valence-electron chi connectivity index (χ2n) is 5.77. The third kappa shape index (κ3) is 4.41. The molecule has 1 heterocycles. The lowest BCUT2D eigenvalue weighted by Gasteiger charge is -2.27. The molecular formula is C20H24O3. The maximum Gasteiger partial charge on any atom is 0.195 e. The van der Waals surface area contributed by atoms with Crippen LogP contribution in [0, 0.1) is 0 Å². The van der Waals surface area contributed by atoms with Crippen LogP contribution in [-0.2, 0) is 26.4 Å². The van der Waals surface area contributed by atoms with E-state index in [0.29, 0.717) is 13.2 Å². The van der Waals surface area contributed by atoms with E-state index >= 15 is 0 Å². The quantitative estimate of drug-likeness (QED) is 0.691. The van der Waals surface area contributed by atoms with Crippen molar-refractivity contribution in [2.45, 2.75) is 25.0 Å². The van der Waals surface area contributed by atoms with Crippen molar-refractivity contribution in [1.82, 2.24) is 0 Å². The van der Waals surface area contributed by atoms with Gasteiger partial charge in [-0.15, -0.1) is 0 Å². The second kappa shape index (κ2) is 8.25. The Hall–Kier alpha value is -1.68. The highest BCUT2D eigenvalue weighted by atomic mass is 16.7. The number of benzene rings is 2. The van der Waals surface area contributed by atoms with Gasteiger partial charge in [-0.1, -0.05) is 60.7 Å². The minimum atomic E-state index is -0.579.